The lowest BCUT2D eigenvalue weighted by molar-refractivity contribution is 0.0656. The normalized spacial score (nSPS) is 37.9. The van der Waals surface area contributed by atoms with E-state index in [-0.39, 0.29) is 16.9 Å². The number of carboxylic acid groups (broad SMARTS) is 1. The molecule has 2 N–H and O–H groups in total. The highest BCUT2D eigenvalue weighted by atomic mass is 32.2. The first-order valence-corrected chi connectivity index (χ1v) is 8.31. The van der Waals surface area contributed by atoms with Crippen LogP contribution in [-0.2, 0) is 10.0 Å². The Morgan fingerprint density at radius 1 is 1.25 bits per heavy atom. The van der Waals surface area contributed by atoms with E-state index in [1.54, 1.807) is 0 Å². The Balaban J connectivity index is 1.52. The van der Waals surface area contributed by atoms with Crippen molar-refractivity contribution in [2.24, 2.45) is 23.7 Å². The Morgan fingerprint density at radius 2 is 1.90 bits per heavy atom. The first-order chi connectivity index (χ1) is 9.47. The molecule has 6 nitrogen and oxygen atoms in total. The third-order valence-corrected chi connectivity index (χ3v) is 6.42. The van der Waals surface area contributed by atoms with Crippen molar-refractivity contribution in [1.29, 1.82) is 0 Å². The quantitative estimate of drug-likeness (QED) is 0.873. The second-order valence-electron chi connectivity index (χ2n) is 6.06. The summed E-state index contributed by atoms with van der Waals surface area (Å²) in [5.41, 5.74) is 0. The van der Waals surface area contributed by atoms with Crippen LogP contribution in [0.15, 0.2) is 21.6 Å². The van der Waals surface area contributed by atoms with Crippen LogP contribution < -0.4 is 4.72 Å². The molecule has 4 rings (SSSR count). The minimum absolute atomic E-state index is 0.0182. The number of aromatic carboxylic acids is 1. The Labute approximate surface area is 116 Å². The standard InChI is InChI=1S/C13H15NO5S/c15-13(16)8-3-4-9(19-8)20(17,18)14-12-10-6-1-2-7(5-6)11(10)12/h3-4,6-7,10-12,14H,1-2,5H2,(H,15,16). The maximum Gasteiger partial charge on any atom is 0.371 e. The van der Waals surface area contributed by atoms with Gasteiger partial charge in [-0.05, 0) is 55.1 Å². The van der Waals surface area contributed by atoms with Gasteiger partial charge in [0.2, 0.25) is 10.9 Å². The van der Waals surface area contributed by atoms with Crippen LogP contribution in [0.25, 0.3) is 0 Å². The summed E-state index contributed by atoms with van der Waals surface area (Å²) in [5.74, 6) is 0.678. The van der Waals surface area contributed by atoms with E-state index in [4.69, 9.17) is 9.52 Å². The molecule has 3 aliphatic rings. The highest BCUT2D eigenvalue weighted by Crippen LogP contribution is 2.65. The Morgan fingerprint density at radius 3 is 2.45 bits per heavy atom. The summed E-state index contributed by atoms with van der Waals surface area (Å²) in [5, 5.41) is 8.45. The molecule has 4 atom stereocenters. The minimum atomic E-state index is -3.75. The van der Waals surface area contributed by atoms with Gasteiger partial charge in [-0.15, -0.1) is 0 Å². The number of carbonyl (C=O) groups is 1. The van der Waals surface area contributed by atoms with Crippen molar-refractivity contribution in [3.05, 3.63) is 17.9 Å². The average Bonchev–Trinajstić information content (AvgIpc) is 2.88. The molecule has 108 valence electrons. The predicted octanol–water partition coefficient (Wildman–Crippen LogP) is 1.30. The number of nitrogens with one attached hydrogen (secondary N) is 1. The van der Waals surface area contributed by atoms with Crippen LogP contribution in [0.4, 0.5) is 0 Å². The SMILES string of the molecule is O=C(O)c1ccc(S(=O)(=O)NC2C3C4CCC(C4)C23)o1. The lowest BCUT2D eigenvalue weighted by Crippen LogP contribution is -2.29. The number of rotatable bonds is 4. The summed E-state index contributed by atoms with van der Waals surface area (Å²) in [6.45, 7) is 0. The molecule has 0 saturated heterocycles. The maximum absolute atomic E-state index is 12.2. The molecular weight excluding hydrogens is 282 g/mol. The molecule has 2 bridgehead atoms. The minimum Gasteiger partial charge on any atom is -0.475 e. The fourth-order valence-corrected chi connectivity index (χ4v) is 5.54. The van der Waals surface area contributed by atoms with Gasteiger partial charge in [-0.25, -0.2) is 17.9 Å². The van der Waals surface area contributed by atoms with Gasteiger partial charge in [0, 0.05) is 6.04 Å². The summed E-state index contributed by atoms with van der Waals surface area (Å²) in [6, 6.07) is 2.37. The van der Waals surface area contributed by atoms with E-state index in [0.717, 1.165) is 6.07 Å². The zero-order valence-electron chi connectivity index (χ0n) is 10.7. The third kappa shape index (κ3) is 1.66. The predicted molar refractivity (Wildman–Crippen MR) is 67.6 cm³/mol. The molecule has 0 aromatic carbocycles. The van der Waals surface area contributed by atoms with Crippen LogP contribution >= 0.6 is 0 Å². The van der Waals surface area contributed by atoms with Gasteiger partial charge < -0.3 is 9.52 Å². The molecule has 3 saturated carbocycles. The van der Waals surface area contributed by atoms with Crippen molar-refractivity contribution >= 4 is 16.0 Å². The summed E-state index contributed by atoms with van der Waals surface area (Å²) in [4.78, 5) is 10.7. The molecule has 0 amide bonds. The van der Waals surface area contributed by atoms with Crippen LogP contribution in [0.5, 0.6) is 0 Å². The topological polar surface area (TPSA) is 96.6 Å². The molecule has 7 heteroatoms. The van der Waals surface area contributed by atoms with Crippen molar-refractivity contribution in [3.8, 4) is 0 Å². The Kier molecular flexibility index (Phi) is 2.39. The fourth-order valence-electron chi connectivity index (χ4n) is 4.30. The number of hydrogen-bond donors (Lipinski definition) is 2. The van der Waals surface area contributed by atoms with Gasteiger partial charge in [-0.3, -0.25) is 0 Å². The summed E-state index contributed by atoms with van der Waals surface area (Å²) >= 11 is 0. The first kappa shape index (κ1) is 12.4. The van der Waals surface area contributed by atoms with E-state index < -0.39 is 16.0 Å². The summed E-state index contributed by atoms with van der Waals surface area (Å²) in [6.07, 6.45) is 3.68. The van der Waals surface area contributed by atoms with E-state index in [0.29, 0.717) is 23.7 Å². The second kappa shape index (κ2) is 3.85. The average molecular weight is 297 g/mol. The highest BCUT2D eigenvalue weighted by Gasteiger charge is 2.65. The smallest absolute Gasteiger partial charge is 0.371 e. The van der Waals surface area contributed by atoms with Crippen molar-refractivity contribution in [3.63, 3.8) is 0 Å². The first-order valence-electron chi connectivity index (χ1n) is 6.83. The van der Waals surface area contributed by atoms with Gasteiger partial charge in [0.25, 0.3) is 10.0 Å². The Bertz CT molecular complexity index is 663. The molecule has 1 aromatic rings. The molecule has 0 spiro atoms. The zero-order chi connectivity index (χ0) is 14.1. The maximum atomic E-state index is 12.2. The van der Waals surface area contributed by atoms with Crippen LogP contribution in [-0.4, -0.2) is 25.5 Å². The highest BCUT2D eigenvalue weighted by molar-refractivity contribution is 7.89. The summed E-state index contributed by atoms with van der Waals surface area (Å²) in [7, 11) is -3.75. The number of furan rings is 1. The number of carboxylic acids is 1. The molecule has 3 aliphatic carbocycles. The monoisotopic (exact) mass is 297 g/mol. The Hall–Kier alpha value is -1.34. The lowest BCUT2D eigenvalue weighted by atomic mass is 10.0. The molecule has 4 unspecified atom stereocenters. The number of fused-ring (bicyclic) bond motifs is 5. The van der Waals surface area contributed by atoms with Crippen LogP contribution in [0.2, 0.25) is 0 Å². The molecule has 0 aliphatic heterocycles. The van der Waals surface area contributed by atoms with Crippen molar-refractivity contribution < 1.29 is 22.7 Å². The van der Waals surface area contributed by atoms with E-state index in [1.165, 1.54) is 25.3 Å². The largest absolute Gasteiger partial charge is 0.475 e. The lowest BCUT2D eigenvalue weighted by Gasteiger charge is -2.09. The fraction of sp³-hybridized carbons (Fsp3) is 0.615. The molecule has 3 fully saturated rings. The van der Waals surface area contributed by atoms with Crippen LogP contribution in [0.1, 0.15) is 29.8 Å². The van der Waals surface area contributed by atoms with Crippen LogP contribution in [0.3, 0.4) is 0 Å². The van der Waals surface area contributed by atoms with Gasteiger partial charge in [0.1, 0.15) is 0 Å². The number of hydrogen-bond acceptors (Lipinski definition) is 4. The van der Waals surface area contributed by atoms with E-state index in [1.807, 2.05) is 0 Å². The van der Waals surface area contributed by atoms with E-state index >= 15 is 0 Å². The second-order valence-corrected chi connectivity index (χ2v) is 7.70. The van der Waals surface area contributed by atoms with Gasteiger partial charge in [-0.1, -0.05) is 0 Å². The van der Waals surface area contributed by atoms with E-state index in [9.17, 15) is 13.2 Å². The van der Waals surface area contributed by atoms with Crippen molar-refractivity contribution in [1.82, 2.24) is 4.72 Å². The molecule has 1 heterocycles. The van der Waals surface area contributed by atoms with Gasteiger partial charge in [0.05, 0.1) is 0 Å². The third-order valence-electron chi connectivity index (χ3n) is 5.08. The van der Waals surface area contributed by atoms with Gasteiger partial charge in [0.15, 0.2) is 0 Å². The molecule has 0 radical (unpaired) electrons. The van der Waals surface area contributed by atoms with E-state index in [2.05, 4.69) is 4.72 Å². The van der Waals surface area contributed by atoms with Crippen molar-refractivity contribution in [2.45, 2.75) is 30.4 Å². The molecular formula is C13H15NO5S. The van der Waals surface area contributed by atoms with Gasteiger partial charge in [-0.2, -0.15) is 0 Å². The molecule has 1 aromatic heterocycles. The van der Waals surface area contributed by atoms with Crippen molar-refractivity contribution in [2.75, 3.05) is 0 Å². The zero-order valence-corrected chi connectivity index (χ0v) is 11.5. The van der Waals surface area contributed by atoms with Gasteiger partial charge >= 0.3 is 5.97 Å². The van der Waals surface area contributed by atoms with Crippen LogP contribution in [0, 0.1) is 23.7 Å². The number of sulfonamides is 1. The summed E-state index contributed by atoms with van der Waals surface area (Å²) < 4.78 is 31.9. The molecule has 20 heavy (non-hydrogen) atoms.